The molecule has 10 heteroatoms. The zero-order chi connectivity index (χ0) is 23.5. The number of halogens is 2. The minimum atomic E-state index is -0.888. The molecule has 0 aliphatic heterocycles. The molecule has 0 unspecified atom stereocenters. The fourth-order valence-electron chi connectivity index (χ4n) is 3.16. The summed E-state index contributed by atoms with van der Waals surface area (Å²) in [6.45, 7) is 1.43. The van der Waals surface area contributed by atoms with Gasteiger partial charge in [-0.25, -0.2) is 9.18 Å². The van der Waals surface area contributed by atoms with Gasteiger partial charge in [0.15, 0.2) is 0 Å². The zero-order valence-corrected chi connectivity index (χ0v) is 18.2. The van der Waals surface area contributed by atoms with E-state index in [1.807, 2.05) is 0 Å². The number of aromatic nitrogens is 3. The lowest BCUT2D eigenvalue weighted by atomic mass is 10.2. The molecule has 4 aromatic rings. The second kappa shape index (κ2) is 9.25. The second-order valence-corrected chi connectivity index (χ2v) is 7.70. The number of hydrogen-bond donors (Lipinski definition) is 1. The van der Waals surface area contributed by atoms with Crippen molar-refractivity contribution in [1.82, 2.24) is 19.7 Å². The molecule has 2 heterocycles. The summed E-state index contributed by atoms with van der Waals surface area (Å²) in [6.07, 6.45) is 1.45. The SMILES string of the molecule is Cc1ccc(-n2nc(C(=O)NCc3ccco3)c(=O)n(Cc3cccc(Cl)c3)c2=O)cc1F. The van der Waals surface area contributed by atoms with Crippen LogP contribution in [0.5, 0.6) is 0 Å². The average Bonchev–Trinajstić information content (AvgIpc) is 3.31. The summed E-state index contributed by atoms with van der Waals surface area (Å²) in [4.78, 5) is 39.0. The molecule has 2 aromatic heterocycles. The fraction of sp³-hybridized carbons (Fsp3) is 0.130. The molecular weight excluding hydrogens is 451 g/mol. The number of nitrogens with zero attached hydrogens (tertiary/aromatic N) is 3. The van der Waals surface area contributed by atoms with Crippen molar-refractivity contribution in [3.05, 3.63) is 115 Å². The van der Waals surface area contributed by atoms with Crippen molar-refractivity contribution in [2.24, 2.45) is 0 Å². The summed E-state index contributed by atoms with van der Waals surface area (Å²) >= 11 is 6.02. The molecule has 0 spiro atoms. The van der Waals surface area contributed by atoms with Gasteiger partial charge in [-0.1, -0.05) is 29.8 Å². The minimum Gasteiger partial charge on any atom is -0.467 e. The van der Waals surface area contributed by atoms with E-state index in [0.29, 0.717) is 21.9 Å². The van der Waals surface area contributed by atoms with Crippen molar-refractivity contribution < 1.29 is 13.6 Å². The Morgan fingerprint density at radius 1 is 1.15 bits per heavy atom. The lowest BCUT2D eigenvalue weighted by molar-refractivity contribution is 0.0938. The quantitative estimate of drug-likeness (QED) is 0.469. The third-order valence-electron chi connectivity index (χ3n) is 4.91. The molecule has 1 N–H and O–H groups in total. The van der Waals surface area contributed by atoms with Gasteiger partial charge in [-0.3, -0.25) is 14.2 Å². The number of aryl methyl sites for hydroxylation is 1. The molecule has 168 valence electrons. The monoisotopic (exact) mass is 468 g/mol. The predicted octanol–water partition coefficient (Wildman–Crippen LogP) is 3.07. The van der Waals surface area contributed by atoms with Crippen LogP contribution in [0, 0.1) is 12.7 Å². The molecule has 4 rings (SSSR count). The Balaban J connectivity index is 1.82. The largest absolute Gasteiger partial charge is 0.467 e. The Kier molecular flexibility index (Phi) is 6.23. The number of carbonyl (C=O) groups is 1. The van der Waals surface area contributed by atoms with Gasteiger partial charge >= 0.3 is 5.69 Å². The normalized spacial score (nSPS) is 10.9. The topological polar surface area (TPSA) is 99.1 Å². The highest BCUT2D eigenvalue weighted by molar-refractivity contribution is 6.30. The molecule has 1 amide bonds. The predicted molar refractivity (Wildman–Crippen MR) is 119 cm³/mol. The molecule has 8 nitrogen and oxygen atoms in total. The van der Waals surface area contributed by atoms with Crippen molar-refractivity contribution in [2.75, 3.05) is 0 Å². The number of nitrogens with one attached hydrogen (secondary N) is 1. The molecule has 0 aliphatic rings. The highest BCUT2D eigenvalue weighted by Gasteiger charge is 2.21. The van der Waals surface area contributed by atoms with E-state index >= 15 is 0 Å². The van der Waals surface area contributed by atoms with Gasteiger partial charge in [0.2, 0.25) is 5.69 Å². The van der Waals surface area contributed by atoms with Gasteiger partial charge in [-0.05, 0) is 48.4 Å². The van der Waals surface area contributed by atoms with Gasteiger partial charge in [0.05, 0.1) is 25.0 Å². The Morgan fingerprint density at radius 3 is 2.67 bits per heavy atom. The van der Waals surface area contributed by atoms with Crippen LogP contribution in [0.15, 0.2) is 74.9 Å². The Bertz CT molecular complexity index is 1440. The third kappa shape index (κ3) is 4.78. The van der Waals surface area contributed by atoms with Gasteiger partial charge in [-0.15, -0.1) is 0 Å². The summed E-state index contributed by atoms with van der Waals surface area (Å²) in [5.41, 5.74) is -1.23. The maximum Gasteiger partial charge on any atom is 0.352 e. The van der Waals surface area contributed by atoms with E-state index in [9.17, 15) is 18.8 Å². The van der Waals surface area contributed by atoms with Crippen LogP contribution < -0.4 is 16.6 Å². The highest BCUT2D eigenvalue weighted by Crippen LogP contribution is 2.13. The number of rotatable bonds is 6. The maximum atomic E-state index is 14.2. The van der Waals surface area contributed by atoms with Crippen molar-refractivity contribution in [2.45, 2.75) is 20.0 Å². The Morgan fingerprint density at radius 2 is 1.97 bits per heavy atom. The number of amides is 1. The molecule has 2 aromatic carbocycles. The van der Waals surface area contributed by atoms with Crippen LogP contribution in [0.4, 0.5) is 4.39 Å². The molecular formula is C23H18ClFN4O4. The first-order chi connectivity index (χ1) is 15.8. The molecule has 0 atom stereocenters. The van der Waals surface area contributed by atoms with Crippen LogP contribution in [-0.2, 0) is 13.1 Å². The number of hydrogen-bond acceptors (Lipinski definition) is 5. The van der Waals surface area contributed by atoms with E-state index in [1.165, 1.54) is 18.4 Å². The first kappa shape index (κ1) is 22.2. The third-order valence-corrected chi connectivity index (χ3v) is 5.14. The van der Waals surface area contributed by atoms with Crippen molar-refractivity contribution in [3.63, 3.8) is 0 Å². The minimum absolute atomic E-state index is 0.0134. The van der Waals surface area contributed by atoms with Crippen LogP contribution >= 0.6 is 11.6 Å². The number of furan rings is 1. The summed E-state index contributed by atoms with van der Waals surface area (Å²) in [5, 5.41) is 6.93. The van der Waals surface area contributed by atoms with Crippen LogP contribution in [0.1, 0.15) is 27.4 Å². The van der Waals surface area contributed by atoms with Crippen LogP contribution in [-0.4, -0.2) is 20.3 Å². The molecule has 0 saturated carbocycles. The van der Waals surface area contributed by atoms with Crippen LogP contribution in [0.3, 0.4) is 0 Å². The lowest BCUT2D eigenvalue weighted by Gasteiger charge is -2.13. The van der Waals surface area contributed by atoms with E-state index in [-0.39, 0.29) is 18.8 Å². The van der Waals surface area contributed by atoms with E-state index in [0.717, 1.165) is 15.3 Å². The Labute approximate surface area is 191 Å². The van der Waals surface area contributed by atoms with Crippen molar-refractivity contribution in [3.8, 4) is 5.69 Å². The average molecular weight is 469 g/mol. The van der Waals surface area contributed by atoms with Gasteiger partial charge < -0.3 is 9.73 Å². The molecule has 0 aliphatic carbocycles. The molecule has 0 bridgehead atoms. The van der Waals surface area contributed by atoms with E-state index < -0.39 is 28.7 Å². The highest BCUT2D eigenvalue weighted by atomic mass is 35.5. The summed E-state index contributed by atoms with van der Waals surface area (Å²) < 4.78 is 21.1. The first-order valence-corrected chi connectivity index (χ1v) is 10.3. The smallest absolute Gasteiger partial charge is 0.352 e. The van der Waals surface area contributed by atoms with E-state index in [1.54, 1.807) is 43.3 Å². The van der Waals surface area contributed by atoms with E-state index in [4.69, 9.17) is 16.0 Å². The second-order valence-electron chi connectivity index (χ2n) is 7.26. The van der Waals surface area contributed by atoms with Gasteiger partial charge in [0.1, 0.15) is 11.6 Å². The first-order valence-electron chi connectivity index (χ1n) is 9.89. The van der Waals surface area contributed by atoms with Gasteiger partial charge in [0, 0.05) is 11.1 Å². The van der Waals surface area contributed by atoms with E-state index in [2.05, 4.69) is 10.4 Å². The molecule has 33 heavy (non-hydrogen) atoms. The number of carbonyl (C=O) groups excluding carboxylic acids is 1. The summed E-state index contributed by atoms with van der Waals surface area (Å²) in [6, 6.07) is 14.0. The number of benzene rings is 2. The van der Waals surface area contributed by atoms with Crippen molar-refractivity contribution >= 4 is 17.5 Å². The Hall–Kier alpha value is -3.98. The molecule has 0 radical (unpaired) electrons. The van der Waals surface area contributed by atoms with Crippen molar-refractivity contribution in [1.29, 1.82) is 0 Å². The lowest BCUT2D eigenvalue weighted by Crippen LogP contribution is -2.46. The van der Waals surface area contributed by atoms with Gasteiger partial charge in [0.25, 0.3) is 11.5 Å². The van der Waals surface area contributed by atoms with Crippen LogP contribution in [0.25, 0.3) is 5.69 Å². The fourth-order valence-corrected chi connectivity index (χ4v) is 3.37. The van der Waals surface area contributed by atoms with Gasteiger partial charge in [-0.2, -0.15) is 9.78 Å². The zero-order valence-electron chi connectivity index (χ0n) is 17.4. The molecule has 0 fully saturated rings. The van der Waals surface area contributed by atoms with Crippen LogP contribution in [0.2, 0.25) is 5.02 Å². The summed E-state index contributed by atoms with van der Waals surface area (Å²) in [5.74, 6) is -0.897. The molecule has 0 saturated heterocycles. The standard InChI is InChI=1S/C23H18ClFN4O4/c1-14-7-8-17(11-19(14)25)29-23(32)28(13-15-4-2-5-16(24)10-15)22(31)20(27-29)21(30)26-12-18-6-3-9-33-18/h2-11H,12-13H2,1H3,(H,26,30). The summed E-state index contributed by atoms with van der Waals surface area (Å²) in [7, 11) is 0. The maximum absolute atomic E-state index is 14.2.